The Bertz CT molecular complexity index is 896. The first-order valence-corrected chi connectivity index (χ1v) is 8.57. The zero-order valence-electron chi connectivity index (χ0n) is 14.6. The highest BCUT2D eigenvalue weighted by atomic mass is 14.9. The zero-order chi connectivity index (χ0) is 16.9. The molecule has 1 nitrogen and oxygen atoms in total. The van der Waals surface area contributed by atoms with E-state index in [2.05, 4.69) is 81.2 Å². The molecule has 1 aliphatic heterocycles. The second-order valence-corrected chi connectivity index (χ2v) is 7.25. The Balaban J connectivity index is 2.09. The van der Waals surface area contributed by atoms with Gasteiger partial charge in [-0.05, 0) is 58.2 Å². The third-order valence-electron chi connectivity index (χ3n) is 5.42. The van der Waals surface area contributed by atoms with Crippen molar-refractivity contribution in [1.29, 1.82) is 0 Å². The van der Waals surface area contributed by atoms with E-state index in [1.54, 1.807) is 0 Å². The third kappa shape index (κ3) is 2.01. The van der Waals surface area contributed by atoms with Gasteiger partial charge in [-0.3, -0.25) is 0 Å². The molecule has 1 unspecified atom stereocenters. The fraction of sp³-hybridized carbons (Fsp3) is 0.217. The molecule has 0 saturated heterocycles. The second kappa shape index (κ2) is 5.24. The zero-order valence-corrected chi connectivity index (χ0v) is 14.6. The van der Waals surface area contributed by atoms with Gasteiger partial charge in [0.15, 0.2) is 0 Å². The number of hydrogen-bond donors (Lipinski definition) is 1. The summed E-state index contributed by atoms with van der Waals surface area (Å²) in [5.74, 6) is 0. The Morgan fingerprint density at radius 2 is 1.75 bits per heavy atom. The number of fused-ring (bicyclic) bond motifs is 5. The van der Waals surface area contributed by atoms with E-state index in [-0.39, 0.29) is 11.5 Å². The van der Waals surface area contributed by atoms with Crippen molar-refractivity contribution in [3.05, 3.63) is 89.7 Å². The van der Waals surface area contributed by atoms with Gasteiger partial charge >= 0.3 is 0 Å². The molecule has 1 N–H and O–H groups in total. The molecule has 0 aromatic heterocycles. The van der Waals surface area contributed by atoms with Crippen molar-refractivity contribution in [1.82, 2.24) is 5.32 Å². The van der Waals surface area contributed by atoms with E-state index < -0.39 is 0 Å². The average molecular weight is 313 g/mol. The monoisotopic (exact) mass is 313 g/mol. The summed E-state index contributed by atoms with van der Waals surface area (Å²) < 4.78 is 0. The summed E-state index contributed by atoms with van der Waals surface area (Å²) in [6.07, 6.45) is 8.21. The van der Waals surface area contributed by atoms with Crippen LogP contribution in [0.25, 0.3) is 16.7 Å². The lowest BCUT2D eigenvalue weighted by Crippen LogP contribution is -2.17. The lowest BCUT2D eigenvalue weighted by molar-refractivity contribution is 0.656. The smallest absolute Gasteiger partial charge is 0.0486 e. The minimum Gasteiger partial charge on any atom is -0.384 e. The average Bonchev–Trinajstić information content (AvgIpc) is 2.84. The summed E-state index contributed by atoms with van der Waals surface area (Å²) in [7, 11) is 0. The van der Waals surface area contributed by atoms with E-state index >= 15 is 0 Å². The minimum atomic E-state index is 0.0261. The predicted molar refractivity (Wildman–Crippen MR) is 103 cm³/mol. The van der Waals surface area contributed by atoms with E-state index in [1.165, 1.54) is 33.4 Å². The Labute approximate surface area is 144 Å². The Morgan fingerprint density at radius 1 is 0.958 bits per heavy atom. The molecule has 0 spiro atoms. The van der Waals surface area contributed by atoms with Crippen molar-refractivity contribution in [3.63, 3.8) is 0 Å². The van der Waals surface area contributed by atoms with Crippen molar-refractivity contribution in [3.8, 4) is 11.1 Å². The molecule has 0 fully saturated rings. The molecule has 0 radical (unpaired) electrons. The lowest BCUT2D eigenvalue weighted by atomic mass is 9.80. The van der Waals surface area contributed by atoms with Gasteiger partial charge in [-0.2, -0.15) is 0 Å². The van der Waals surface area contributed by atoms with Crippen LogP contribution in [0.4, 0.5) is 0 Å². The molecule has 1 aliphatic carbocycles. The van der Waals surface area contributed by atoms with Gasteiger partial charge in [-0.15, -0.1) is 0 Å². The van der Waals surface area contributed by atoms with E-state index in [4.69, 9.17) is 0 Å². The highest BCUT2D eigenvalue weighted by molar-refractivity contribution is 5.93. The molecule has 120 valence electrons. The van der Waals surface area contributed by atoms with Crippen molar-refractivity contribution in [2.45, 2.75) is 32.2 Å². The van der Waals surface area contributed by atoms with Crippen LogP contribution in [0.3, 0.4) is 0 Å². The maximum Gasteiger partial charge on any atom is 0.0486 e. The molecule has 0 amide bonds. The maximum atomic E-state index is 4.38. The molecule has 0 bridgehead atoms. The molecular weight excluding hydrogens is 290 g/mol. The maximum absolute atomic E-state index is 4.38. The Morgan fingerprint density at radius 3 is 2.58 bits per heavy atom. The Kier molecular flexibility index (Phi) is 3.28. The molecular formula is C23H23N. The number of rotatable bonds is 0. The molecule has 24 heavy (non-hydrogen) atoms. The fourth-order valence-corrected chi connectivity index (χ4v) is 4.12. The summed E-state index contributed by atoms with van der Waals surface area (Å²) in [4.78, 5) is 0. The lowest BCUT2D eigenvalue weighted by Gasteiger charge is -2.24. The first-order valence-electron chi connectivity index (χ1n) is 8.57. The number of hydrogen-bond acceptors (Lipinski definition) is 1. The first-order chi connectivity index (χ1) is 11.5. The van der Waals surface area contributed by atoms with E-state index in [9.17, 15) is 0 Å². The van der Waals surface area contributed by atoms with E-state index in [1.807, 2.05) is 12.3 Å². The molecule has 4 rings (SSSR count). The van der Waals surface area contributed by atoms with Crippen molar-refractivity contribution >= 4 is 5.57 Å². The van der Waals surface area contributed by atoms with Crippen LogP contribution in [0.5, 0.6) is 0 Å². The van der Waals surface area contributed by atoms with Gasteiger partial charge in [0, 0.05) is 11.5 Å². The molecule has 0 saturated carbocycles. The number of nitrogens with one attached hydrogen (secondary N) is 1. The van der Waals surface area contributed by atoms with Crippen LogP contribution < -0.4 is 5.32 Å². The molecule has 2 aromatic rings. The van der Waals surface area contributed by atoms with Crippen molar-refractivity contribution in [2.24, 2.45) is 0 Å². The number of benzene rings is 2. The second-order valence-electron chi connectivity index (χ2n) is 7.25. The fourth-order valence-electron chi connectivity index (χ4n) is 4.12. The molecule has 1 heteroatoms. The quantitative estimate of drug-likeness (QED) is 0.654. The van der Waals surface area contributed by atoms with Gasteiger partial charge < -0.3 is 5.32 Å². The summed E-state index contributed by atoms with van der Waals surface area (Å²) in [6.45, 7) is 11.2. The standard InChI is InChI=1S/C23H23N/c1-15-9-7-8-14-24-16(2)17-12-13-20-22(21(15)17)18-10-5-6-11-19(18)23(20,3)4/h5-14,16,24H,1H2,2-4H3/b9-7-,14-8-. The molecule has 2 aromatic carbocycles. The molecule has 2 aliphatic rings. The van der Waals surface area contributed by atoms with Crippen LogP contribution in [0.1, 0.15) is 49.1 Å². The van der Waals surface area contributed by atoms with Crippen LogP contribution in [-0.4, -0.2) is 0 Å². The summed E-state index contributed by atoms with van der Waals surface area (Å²) >= 11 is 0. The first kappa shape index (κ1) is 15.0. The molecule has 1 heterocycles. The van der Waals surface area contributed by atoms with E-state index in [0.29, 0.717) is 0 Å². The highest BCUT2D eigenvalue weighted by Crippen LogP contribution is 2.52. The van der Waals surface area contributed by atoms with Gasteiger partial charge in [-0.1, -0.05) is 69.0 Å². The molecule has 1 atom stereocenters. The van der Waals surface area contributed by atoms with Crippen LogP contribution in [0.2, 0.25) is 0 Å². The van der Waals surface area contributed by atoms with Crippen molar-refractivity contribution < 1.29 is 0 Å². The largest absolute Gasteiger partial charge is 0.384 e. The topological polar surface area (TPSA) is 12.0 Å². The van der Waals surface area contributed by atoms with Crippen LogP contribution in [0, 0.1) is 0 Å². The van der Waals surface area contributed by atoms with Gasteiger partial charge in [-0.25, -0.2) is 0 Å². The number of allylic oxidation sites excluding steroid dienone is 4. The van der Waals surface area contributed by atoms with Crippen molar-refractivity contribution in [2.75, 3.05) is 0 Å². The Hall–Kier alpha value is -2.54. The SMILES string of the molecule is C=C1/C=C\C=C/NC(C)c2ccc3c(c21)-c1ccccc1C3(C)C. The predicted octanol–water partition coefficient (Wildman–Crippen LogP) is 5.74. The van der Waals surface area contributed by atoms with Gasteiger partial charge in [0.1, 0.15) is 0 Å². The van der Waals surface area contributed by atoms with Gasteiger partial charge in [0.05, 0.1) is 0 Å². The van der Waals surface area contributed by atoms with E-state index in [0.717, 1.165) is 5.57 Å². The van der Waals surface area contributed by atoms with Gasteiger partial charge in [0.2, 0.25) is 0 Å². The van der Waals surface area contributed by atoms with Gasteiger partial charge in [0.25, 0.3) is 0 Å². The third-order valence-corrected chi connectivity index (χ3v) is 5.42. The van der Waals surface area contributed by atoms with Crippen LogP contribution >= 0.6 is 0 Å². The normalized spacial score (nSPS) is 23.0. The minimum absolute atomic E-state index is 0.0261. The summed E-state index contributed by atoms with van der Waals surface area (Å²) in [5.41, 5.74) is 9.21. The summed E-state index contributed by atoms with van der Waals surface area (Å²) in [5, 5.41) is 3.46. The summed E-state index contributed by atoms with van der Waals surface area (Å²) in [6, 6.07) is 13.6. The highest BCUT2D eigenvalue weighted by Gasteiger charge is 2.37. The van der Waals surface area contributed by atoms with Crippen LogP contribution in [0.15, 0.2) is 67.4 Å². The van der Waals surface area contributed by atoms with Crippen LogP contribution in [-0.2, 0) is 5.41 Å².